The zero-order valence-corrected chi connectivity index (χ0v) is 23.2. The summed E-state index contributed by atoms with van der Waals surface area (Å²) in [5.41, 5.74) is 5.49. The Bertz CT molecular complexity index is 1230. The van der Waals surface area contributed by atoms with Gasteiger partial charge in [0, 0.05) is 37.2 Å². The van der Waals surface area contributed by atoms with Gasteiger partial charge in [-0.15, -0.1) is 0 Å². The molecular formula is C31H38ClFN4O. The van der Waals surface area contributed by atoms with Crippen molar-refractivity contribution in [1.82, 2.24) is 15.2 Å². The smallest absolute Gasteiger partial charge is 0.128 e. The van der Waals surface area contributed by atoms with Gasteiger partial charge in [0.15, 0.2) is 0 Å². The maximum atomic E-state index is 13.5. The second-order valence-electron chi connectivity index (χ2n) is 10.6. The Morgan fingerprint density at radius 1 is 1.05 bits per heavy atom. The Morgan fingerprint density at radius 3 is 2.50 bits per heavy atom. The molecule has 0 unspecified atom stereocenters. The highest BCUT2D eigenvalue weighted by molar-refractivity contribution is 6.33. The van der Waals surface area contributed by atoms with E-state index in [4.69, 9.17) is 21.3 Å². The number of hydrogen-bond acceptors (Lipinski definition) is 5. The number of piperidine rings is 1. The Hall–Kier alpha value is -2.67. The number of halogens is 2. The van der Waals surface area contributed by atoms with E-state index in [0.29, 0.717) is 11.6 Å². The zero-order chi connectivity index (χ0) is 26.5. The van der Waals surface area contributed by atoms with Gasteiger partial charge in [-0.05, 0) is 94.7 Å². The number of likely N-dealkylation sites (N-methyl/N-ethyl adjacent to an activating group) is 1. The Labute approximate surface area is 231 Å². The Balaban J connectivity index is 0.000000529. The number of para-hydroxylation sites is 1. The molecular weight excluding hydrogens is 499 g/mol. The van der Waals surface area contributed by atoms with Crippen molar-refractivity contribution in [2.45, 2.75) is 44.6 Å². The molecule has 0 aliphatic carbocycles. The number of hydrogen-bond donors (Lipinski definition) is 1. The van der Waals surface area contributed by atoms with Crippen LogP contribution in [0.5, 0.6) is 5.75 Å². The number of fused-ring (bicyclic) bond motifs is 2. The third kappa shape index (κ3) is 5.83. The van der Waals surface area contributed by atoms with Crippen LogP contribution < -0.4 is 15.0 Å². The lowest BCUT2D eigenvalue weighted by molar-refractivity contribution is 0.178. The fraction of sp³-hybridized carbons (Fsp3) is 0.452. The molecule has 4 heterocycles. The van der Waals surface area contributed by atoms with Gasteiger partial charge in [-0.1, -0.05) is 29.8 Å². The van der Waals surface area contributed by atoms with Crippen LogP contribution in [0.4, 0.5) is 10.1 Å². The van der Waals surface area contributed by atoms with Gasteiger partial charge in [-0.2, -0.15) is 0 Å². The second kappa shape index (κ2) is 12.0. The summed E-state index contributed by atoms with van der Waals surface area (Å²) in [6, 6.07) is 17.2. The lowest BCUT2D eigenvalue weighted by Gasteiger charge is -2.48. The highest BCUT2D eigenvalue weighted by Crippen LogP contribution is 2.43. The quantitative estimate of drug-likeness (QED) is 0.424. The van der Waals surface area contributed by atoms with Crippen LogP contribution in [0.25, 0.3) is 11.3 Å². The molecule has 1 aromatic heterocycles. The number of nitrogens with one attached hydrogen (secondary N) is 1. The standard InChI is InChI=1S/C27H29ClFN3O.C4H9N/c1-3-33-26-7-5-4-6-20(26)23-10-9-21-24(30-23)17-31(2)18-27(21)12-14-32(15-13-27)25-11-8-19(29)16-22(25)28;1-2-4-5-3-1/h4-11,16H,3,12-15,17-18H2,1-2H3;5H,1-4H2. The third-order valence-electron chi connectivity index (χ3n) is 7.93. The van der Waals surface area contributed by atoms with Crippen LogP contribution in [0.3, 0.4) is 0 Å². The first-order chi connectivity index (χ1) is 18.5. The molecule has 0 atom stereocenters. The largest absolute Gasteiger partial charge is 0.493 e. The Kier molecular flexibility index (Phi) is 8.51. The van der Waals surface area contributed by atoms with Gasteiger partial charge >= 0.3 is 0 Å². The molecule has 3 aromatic rings. The molecule has 2 aromatic carbocycles. The van der Waals surface area contributed by atoms with Gasteiger partial charge in [0.1, 0.15) is 11.6 Å². The van der Waals surface area contributed by atoms with Crippen LogP contribution in [0.2, 0.25) is 5.02 Å². The fourth-order valence-corrected chi connectivity index (χ4v) is 6.38. The van der Waals surface area contributed by atoms with Gasteiger partial charge in [0.25, 0.3) is 0 Å². The fourth-order valence-electron chi connectivity index (χ4n) is 6.09. The average Bonchev–Trinajstić information content (AvgIpc) is 3.50. The van der Waals surface area contributed by atoms with Crippen LogP contribution in [0.15, 0.2) is 54.6 Å². The van der Waals surface area contributed by atoms with E-state index >= 15 is 0 Å². The predicted molar refractivity (Wildman–Crippen MR) is 154 cm³/mol. The molecule has 3 aliphatic heterocycles. The summed E-state index contributed by atoms with van der Waals surface area (Å²) in [4.78, 5) is 9.79. The lowest BCUT2D eigenvalue weighted by Crippen LogP contribution is -2.51. The minimum atomic E-state index is -0.298. The first-order valence-corrected chi connectivity index (χ1v) is 14.2. The molecule has 0 saturated carbocycles. The summed E-state index contributed by atoms with van der Waals surface area (Å²) in [5.74, 6) is 0.573. The van der Waals surface area contributed by atoms with Gasteiger partial charge in [-0.3, -0.25) is 9.88 Å². The molecule has 6 rings (SSSR count). The summed E-state index contributed by atoms with van der Waals surface area (Å²) in [7, 11) is 2.18. The summed E-state index contributed by atoms with van der Waals surface area (Å²) in [6.07, 6.45) is 4.79. The summed E-state index contributed by atoms with van der Waals surface area (Å²) in [5, 5.41) is 3.70. The van der Waals surface area contributed by atoms with E-state index in [9.17, 15) is 4.39 Å². The highest BCUT2D eigenvalue weighted by Gasteiger charge is 2.42. The monoisotopic (exact) mass is 536 g/mol. The van der Waals surface area contributed by atoms with Crippen molar-refractivity contribution in [2.24, 2.45) is 0 Å². The molecule has 2 saturated heterocycles. The van der Waals surface area contributed by atoms with Crippen molar-refractivity contribution < 1.29 is 9.13 Å². The molecule has 38 heavy (non-hydrogen) atoms. The molecule has 5 nitrogen and oxygen atoms in total. The molecule has 0 radical (unpaired) electrons. The van der Waals surface area contributed by atoms with E-state index in [2.05, 4.69) is 40.4 Å². The van der Waals surface area contributed by atoms with Gasteiger partial charge in [0.2, 0.25) is 0 Å². The molecule has 0 amide bonds. The van der Waals surface area contributed by atoms with Gasteiger partial charge < -0.3 is 15.0 Å². The molecule has 2 fully saturated rings. The van der Waals surface area contributed by atoms with E-state index in [1.165, 1.54) is 43.6 Å². The first-order valence-electron chi connectivity index (χ1n) is 13.8. The normalized spacial score (nSPS) is 18.6. The maximum Gasteiger partial charge on any atom is 0.128 e. The van der Waals surface area contributed by atoms with Crippen LogP contribution in [0.1, 0.15) is 43.9 Å². The van der Waals surface area contributed by atoms with Crippen molar-refractivity contribution >= 4 is 17.3 Å². The van der Waals surface area contributed by atoms with Crippen LogP contribution in [-0.4, -0.2) is 56.3 Å². The van der Waals surface area contributed by atoms with E-state index in [1.807, 2.05) is 25.1 Å². The zero-order valence-electron chi connectivity index (χ0n) is 22.5. The number of ether oxygens (including phenoxy) is 1. The maximum absolute atomic E-state index is 13.5. The van der Waals surface area contributed by atoms with Crippen LogP contribution >= 0.6 is 11.6 Å². The van der Waals surface area contributed by atoms with Crippen LogP contribution in [-0.2, 0) is 12.0 Å². The molecule has 1 N–H and O–H groups in total. The van der Waals surface area contributed by atoms with Crippen LogP contribution in [0, 0.1) is 5.82 Å². The molecule has 7 heteroatoms. The number of pyridine rings is 1. The molecule has 0 bridgehead atoms. The van der Waals surface area contributed by atoms with E-state index in [-0.39, 0.29) is 11.2 Å². The van der Waals surface area contributed by atoms with E-state index in [1.54, 1.807) is 6.07 Å². The highest BCUT2D eigenvalue weighted by atomic mass is 35.5. The van der Waals surface area contributed by atoms with E-state index < -0.39 is 0 Å². The van der Waals surface area contributed by atoms with Crippen molar-refractivity contribution in [2.75, 3.05) is 51.3 Å². The van der Waals surface area contributed by atoms with Crippen molar-refractivity contribution in [1.29, 1.82) is 0 Å². The number of anilines is 1. The van der Waals surface area contributed by atoms with Crippen molar-refractivity contribution in [3.05, 3.63) is 76.7 Å². The number of aromatic nitrogens is 1. The first kappa shape index (κ1) is 26.9. The van der Waals surface area contributed by atoms with Gasteiger partial charge in [0.05, 0.1) is 28.7 Å². The number of rotatable bonds is 4. The average molecular weight is 537 g/mol. The number of benzene rings is 2. The second-order valence-corrected chi connectivity index (χ2v) is 11.0. The topological polar surface area (TPSA) is 40.6 Å². The predicted octanol–water partition coefficient (Wildman–Crippen LogP) is 6.29. The molecule has 1 spiro atoms. The number of nitrogens with zero attached hydrogens (tertiary/aromatic N) is 3. The minimum absolute atomic E-state index is 0.0658. The Morgan fingerprint density at radius 2 is 1.82 bits per heavy atom. The van der Waals surface area contributed by atoms with Crippen molar-refractivity contribution in [3.63, 3.8) is 0 Å². The van der Waals surface area contributed by atoms with E-state index in [0.717, 1.165) is 67.4 Å². The minimum Gasteiger partial charge on any atom is -0.493 e. The van der Waals surface area contributed by atoms with Crippen molar-refractivity contribution in [3.8, 4) is 17.0 Å². The van der Waals surface area contributed by atoms with Gasteiger partial charge in [-0.25, -0.2) is 4.39 Å². The molecule has 3 aliphatic rings. The summed E-state index contributed by atoms with van der Waals surface area (Å²) < 4.78 is 19.4. The summed E-state index contributed by atoms with van der Waals surface area (Å²) in [6.45, 7) is 8.75. The molecule has 202 valence electrons. The summed E-state index contributed by atoms with van der Waals surface area (Å²) >= 11 is 6.35. The third-order valence-corrected chi connectivity index (χ3v) is 8.23. The lowest BCUT2D eigenvalue weighted by atomic mass is 9.70. The SMILES string of the molecule is C1CCNC1.CCOc1ccccc1-c1ccc2c(n1)CN(C)CC21CCN(c2ccc(F)cc2Cl)CC1.